The molecule has 144 valence electrons. The Morgan fingerprint density at radius 1 is 1.29 bits per heavy atom. The van der Waals surface area contributed by atoms with Crippen LogP contribution in [-0.2, 0) is 9.53 Å². The summed E-state index contributed by atoms with van der Waals surface area (Å²) in [7, 11) is 1.31. The minimum atomic E-state index is -0.673. The van der Waals surface area contributed by atoms with Crippen molar-refractivity contribution >= 4 is 40.5 Å². The summed E-state index contributed by atoms with van der Waals surface area (Å²) in [4.78, 5) is 17.8. The zero-order valence-corrected chi connectivity index (χ0v) is 16.0. The van der Waals surface area contributed by atoms with Crippen LogP contribution in [-0.4, -0.2) is 35.8 Å². The molecule has 0 amide bonds. The van der Waals surface area contributed by atoms with Crippen LogP contribution in [0, 0.1) is 11.2 Å². The SMILES string of the molecule is COC(=O)CC[C@@H]1N=C(c2ccc(F)cc2)c2ccccc2N(C(N)=S)C1=N. The number of methoxy groups -OCH3 is 1. The van der Waals surface area contributed by atoms with Crippen molar-refractivity contribution in [2.24, 2.45) is 10.7 Å². The number of hydrogen-bond donors (Lipinski definition) is 2. The van der Waals surface area contributed by atoms with Crippen LogP contribution < -0.4 is 10.6 Å². The lowest BCUT2D eigenvalue weighted by atomic mass is 10.00. The second kappa shape index (κ2) is 8.26. The summed E-state index contributed by atoms with van der Waals surface area (Å²) in [5.41, 5.74) is 8.51. The first-order valence-corrected chi connectivity index (χ1v) is 9.01. The van der Waals surface area contributed by atoms with Crippen molar-refractivity contribution in [3.05, 3.63) is 65.5 Å². The number of carbonyl (C=O) groups is 1. The van der Waals surface area contributed by atoms with Crippen molar-refractivity contribution < 1.29 is 13.9 Å². The van der Waals surface area contributed by atoms with Gasteiger partial charge in [0.2, 0.25) is 0 Å². The van der Waals surface area contributed by atoms with Crippen LogP contribution in [0.2, 0.25) is 0 Å². The normalized spacial score (nSPS) is 16.1. The average Bonchev–Trinajstić information content (AvgIpc) is 2.81. The summed E-state index contributed by atoms with van der Waals surface area (Å²) in [5.74, 6) is -0.679. The van der Waals surface area contributed by atoms with Crippen LogP contribution in [0.4, 0.5) is 10.1 Å². The molecule has 2 aromatic carbocycles. The molecule has 1 aliphatic rings. The third-order valence-electron chi connectivity index (χ3n) is 4.43. The number of carbonyl (C=O) groups excluding carboxylic acids is 1. The summed E-state index contributed by atoms with van der Waals surface area (Å²) in [5, 5.41) is 8.64. The lowest BCUT2D eigenvalue weighted by Crippen LogP contribution is -2.45. The number of nitrogens with two attached hydrogens (primary N) is 1. The molecule has 0 saturated carbocycles. The molecule has 0 aliphatic carbocycles. The van der Waals surface area contributed by atoms with Gasteiger partial charge < -0.3 is 10.5 Å². The molecule has 0 saturated heterocycles. The van der Waals surface area contributed by atoms with Crippen LogP contribution in [0.1, 0.15) is 24.0 Å². The van der Waals surface area contributed by atoms with E-state index in [4.69, 9.17) is 33.1 Å². The Labute approximate surface area is 167 Å². The molecule has 0 aromatic heterocycles. The van der Waals surface area contributed by atoms with Crippen LogP contribution >= 0.6 is 12.2 Å². The first-order chi connectivity index (χ1) is 13.4. The summed E-state index contributed by atoms with van der Waals surface area (Å²) in [6.45, 7) is 0. The topological polar surface area (TPSA) is 91.8 Å². The van der Waals surface area contributed by atoms with Gasteiger partial charge >= 0.3 is 5.97 Å². The number of benzene rings is 2. The monoisotopic (exact) mass is 398 g/mol. The van der Waals surface area contributed by atoms with E-state index in [1.54, 1.807) is 18.2 Å². The number of hydrogen-bond acceptors (Lipinski definition) is 5. The molecule has 0 spiro atoms. The van der Waals surface area contributed by atoms with E-state index in [-0.39, 0.29) is 29.6 Å². The van der Waals surface area contributed by atoms with Gasteiger partial charge in [0.15, 0.2) is 5.11 Å². The Kier molecular flexibility index (Phi) is 5.79. The first kappa shape index (κ1) is 19.6. The van der Waals surface area contributed by atoms with Gasteiger partial charge in [0, 0.05) is 17.5 Å². The molecule has 1 atom stereocenters. The van der Waals surface area contributed by atoms with Gasteiger partial charge in [-0.3, -0.25) is 20.1 Å². The van der Waals surface area contributed by atoms with E-state index < -0.39 is 12.0 Å². The van der Waals surface area contributed by atoms with E-state index in [0.29, 0.717) is 22.5 Å². The first-order valence-electron chi connectivity index (χ1n) is 8.60. The Morgan fingerprint density at radius 3 is 2.61 bits per heavy atom. The molecule has 1 heterocycles. The number of ether oxygens (including phenoxy) is 1. The van der Waals surface area contributed by atoms with Gasteiger partial charge in [0.05, 0.1) is 18.5 Å². The quantitative estimate of drug-likeness (QED) is 0.610. The molecule has 28 heavy (non-hydrogen) atoms. The predicted molar refractivity (Wildman–Crippen MR) is 111 cm³/mol. The van der Waals surface area contributed by atoms with Crippen molar-refractivity contribution in [3.8, 4) is 0 Å². The Bertz CT molecular complexity index is 959. The Balaban J connectivity index is 2.15. The van der Waals surface area contributed by atoms with Gasteiger partial charge in [-0.1, -0.05) is 18.2 Å². The maximum absolute atomic E-state index is 13.4. The molecule has 0 bridgehead atoms. The van der Waals surface area contributed by atoms with Crippen molar-refractivity contribution in [1.29, 1.82) is 5.41 Å². The number of para-hydroxylation sites is 1. The number of thiocarbonyl (C=S) groups is 1. The number of rotatable bonds is 4. The summed E-state index contributed by atoms with van der Waals surface area (Å²) in [6.07, 6.45) is 0.342. The van der Waals surface area contributed by atoms with Crippen LogP contribution in [0.3, 0.4) is 0 Å². The maximum Gasteiger partial charge on any atom is 0.305 e. The van der Waals surface area contributed by atoms with Crippen molar-refractivity contribution in [3.63, 3.8) is 0 Å². The van der Waals surface area contributed by atoms with E-state index in [0.717, 1.165) is 0 Å². The Hall–Kier alpha value is -3.13. The minimum absolute atomic E-state index is 0.0103. The standard InChI is InChI=1S/C20H19FN4O2S/c1-27-17(26)11-10-15-19(22)25(20(23)28)16-5-3-2-4-14(16)18(24-15)12-6-8-13(21)9-7-12/h2-9,15,22H,10-11H2,1H3,(H2,23,28)/t15-/m0/s1. The number of amidine groups is 1. The highest BCUT2D eigenvalue weighted by molar-refractivity contribution is 7.80. The number of fused-ring (bicyclic) bond motifs is 1. The van der Waals surface area contributed by atoms with E-state index >= 15 is 0 Å². The summed E-state index contributed by atoms with van der Waals surface area (Å²) < 4.78 is 18.1. The summed E-state index contributed by atoms with van der Waals surface area (Å²) >= 11 is 5.18. The highest BCUT2D eigenvalue weighted by Gasteiger charge is 2.31. The van der Waals surface area contributed by atoms with E-state index in [1.165, 1.54) is 24.1 Å². The van der Waals surface area contributed by atoms with Gasteiger partial charge in [-0.15, -0.1) is 0 Å². The van der Waals surface area contributed by atoms with E-state index in [1.807, 2.05) is 18.2 Å². The number of nitrogens with one attached hydrogen (secondary N) is 1. The highest BCUT2D eigenvalue weighted by atomic mass is 32.1. The number of halogens is 1. The summed E-state index contributed by atoms with van der Waals surface area (Å²) in [6, 6.07) is 12.6. The zero-order valence-electron chi connectivity index (χ0n) is 15.2. The number of benzodiazepines with no additional fused rings is 1. The molecule has 6 nitrogen and oxygen atoms in total. The molecule has 8 heteroatoms. The number of aliphatic imine (C=N–C) groups is 1. The van der Waals surface area contributed by atoms with Crippen molar-refractivity contribution in [2.45, 2.75) is 18.9 Å². The zero-order chi connectivity index (χ0) is 20.3. The second-order valence-corrected chi connectivity index (χ2v) is 6.61. The Morgan fingerprint density at radius 2 is 1.96 bits per heavy atom. The maximum atomic E-state index is 13.4. The largest absolute Gasteiger partial charge is 0.469 e. The lowest BCUT2D eigenvalue weighted by Gasteiger charge is -2.25. The fraction of sp³-hybridized carbons (Fsp3) is 0.200. The average molecular weight is 398 g/mol. The number of nitrogens with zero attached hydrogens (tertiary/aromatic N) is 2. The predicted octanol–water partition coefficient (Wildman–Crippen LogP) is 3.03. The molecular weight excluding hydrogens is 379 g/mol. The molecule has 0 unspecified atom stereocenters. The molecular formula is C20H19FN4O2S. The van der Waals surface area contributed by atoms with Gasteiger partial charge in [-0.2, -0.15) is 0 Å². The second-order valence-electron chi connectivity index (χ2n) is 6.19. The highest BCUT2D eigenvalue weighted by Crippen LogP contribution is 2.29. The number of anilines is 1. The third kappa shape index (κ3) is 3.91. The molecule has 0 radical (unpaired) electrons. The molecule has 3 N–H and O–H groups in total. The smallest absolute Gasteiger partial charge is 0.305 e. The molecule has 0 fully saturated rings. The van der Waals surface area contributed by atoms with E-state index in [9.17, 15) is 9.18 Å². The molecule has 3 rings (SSSR count). The van der Waals surface area contributed by atoms with Crippen LogP contribution in [0.5, 0.6) is 0 Å². The van der Waals surface area contributed by atoms with E-state index in [2.05, 4.69) is 0 Å². The van der Waals surface area contributed by atoms with Gasteiger partial charge in [-0.05, 0) is 49.0 Å². The van der Waals surface area contributed by atoms with Crippen molar-refractivity contribution in [2.75, 3.05) is 12.0 Å². The molecule has 2 aromatic rings. The minimum Gasteiger partial charge on any atom is -0.469 e. The van der Waals surface area contributed by atoms with Crippen molar-refractivity contribution in [1.82, 2.24) is 0 Å². The fourth-order valence-corrected chi connectivity index (χ4v) is 3.26. The molecule has 1 aliphatic heterocycles. The van der Waals surface area contributed by atoms with Crippen LogP contribution in [0.25, 0.3) is 0 Å². The van der Waals surface area contributed by atoms with Crippen LogP contribution in [0.15, 0.2) is 53.5 Å². The van der Waals surface area contributed by atoms with Gasteiger partial charge in [0.1, 0.15) is 17.7 Å². The lowest BCUT2D eigenvalue weighted by molar-refractivity contribution is -0.140. The van der Waals surface area contributed by atoms with Gasteiger partial charge in [-0.25, -0.2) is 4.39 Å². The third-order valence-corrected chi connectivity index (χ3v) is 4.61. The van der Waals surface area contributed by atoms with Gasteiger partial charge in [0.25, 0.3) is 0 Å². The number of esters is 1. The fourth-order valence-electron chi connectivity index (χ4n) is 3.07.